The van der Waals surface area contributed by atoms with Gasteiger partial charge < -0.3 is 11.1 Å². The summed E-state index contributed by atoms with van der Waals surface area (Å²) in [7, 11) is 1.81. The molecular weight excluding hydrogens is 216 g/mol. The number of rotatable bonds is 3. The van der Waals surface area contributed by atoms with Crippen molar-refractivity contribution >= 4 is 5.91 Å². The second-order valence-electron chi connectivity index (χ2n) is 4.73. The number of hydrogen-bond acceptors (Lipinski definition) is 3. The van der Waals surface area contributed by atoms with Crippen molar-refractivity contribution in [2.24, 2.45) is 18.7 Å². The number of hydrogen-bond donors (Lipinski definition) is 2. The quantitative estimate of drug-likeness (QED) is 0.810. The van der Waals surface area contributed by atoms with Crippen molar-refractivity contribution in [2.75, 3.05) is 6.54 Å². The van der Waals surface area contributed by atoms with Gasteiger partial charge in [-0.25, -0.2) is 0 Å². The Morgan fingerprint density at radius 2 is 2.35 bits per heavy atom. The second kappa shape index (κ2) is 5.31. The number of carbonyl (C=O) groups excluding carboxylic acids is 1. The molecule has 0 bridgehead atoms. The summed E-state index contributed by atoms with van der Waals surface area (Å²) >= 11 is 0. The van der Waals surface area contributed by atoms with E-state index in [-0.39, 0.29) is 11.9 Å². The average Bonchev–Trinajstić information content (AvgIpc) is 2.77. The van der Waals surface area contributed by atoms with Crippen molar-refractivity contribution in [3.8, 4) is 0 Å². The first-order valence-corrected chi connectivity index (χ1v) is 6.21. The number of amides is 1. The Bertz CT molecular complexity index is 388. The van der Waals surface area contributed by atoms with Gasteiger partial charge in [0.2, 0.25) is 0 Å². The molecule has 2 atom stereocenters. The van der Waals surface area contributed by atoms with Crippen molar-refractivity contribution in [3.63, 3.8) is 0 Å². The third kappa shape index (κ3) is 2.85. The van der Waals surface area contributed by atoms with E-state index in [0.29, 0.717) is 18.2 Å². The Labute approximate surface area is 101 Å². The van der Waals surface area contributed by atoms with Gasteiger partial charge in [-0.2, -0.15) is 5.10 Å². The molecule has 3 N–H and O–H groups in total. The summed E-state index contributed by atoms with van der Waals surface area (Å²) in [5, 5.41) is 7.16. The molecule has 94 valence electrons. The molecule has 0 aromatic carbocycles. The molecule has 1 heterocycles. The van der Waals surface area contributed by atoms with Gasteiger partial charge in [0.15, 0.2) is 0 Å². The predicted octanol–water partition coefficient (Wildman–Crippen LogP) is 0.667. The molecular formula is C12H20N4O. The summed E-state index contributed by atoms with van der Waals surface area (Å²) in [6, 6.07) is 1.94. The van der Waals surface area contributed by atoms with Gasteiger partial charge in [0.05, 0.1) is 0 Å². The van der Waals surface area contributed by atoms with Crippen LogP contribution in [0.4, 0.5) is 0 Å². The van der Waals surface area contributed by atoms with Crippen LogP contribution in [-0.2, 0) is 7.05 Å². The van der Waals surface area contributed by atoms with Crippen molar-refractivity contribution in [1.29, 1.82) is 0 Å². The molecule has 5 heteroatoms. The lowest BCUT2D eigenvalue weighted by Crippen LogP contribution is -2.44. The average molecular weight is 236 g/mol. The topological polar surface area (TPSA) is 72.9 Å². The highest BCUT2D eigenvalue weighted by Crippen LogP contribution is 2.23. The molecule has 1 aromatic heterocycles. The Morgan fingerprint density at radius 3 is 3.00 bits per heavy atom. The van der Waals surface area contributed by atoms with Gasteiger partial charge in [-0.15, -0.1) is 0 Å². The Hall–Kier alpha value is -1.36. The third-order valence-electron chi connectivity index (χ3n) is 3.47. The highest BCUT2D eigenvalue weighted by Gasteiger charge is 2.26. The fourth-order valence-electron chi connectivity index (χ4n) is 2.46. The fraction of sp³-hybridized carbons (Fsp3) is 0.667. The molecule has 1 aromatic rings. The molecule has 0 aliphatic heterocycles. The van der Waals surface area contributed by atoms with E-state index in [1.807, 2.05) is 0 Å². The first kappa shape index (κ1) is 12.1. The van der Waals surface area contributed by atoms with Crippen LogP contribution in [0.2, 0.25) is 0 Å². The summed E-state index contributed by atoms with van der Waals surface area (Å²) < 4.78 is 1.64. The molecule has 0 spiro atoms. The Balaban J connectivity index is 1.97. The molecule has 1 aliphatic rings. The van der Waals surface area contributed by atoms with E-state index in [2.05, 4.69) is 10.4 Å². The SMILES string of the molecule is Cn1ccc(C(=O)NC2CCCCC2CN)n1. The van der Waals surface area contributed by atoms with Gasteiger partial charge in [-0.05, 0) is 31.4 Å². The van der Waals surface area contributed by atoms with Crippen LogP contribution in [0.5, 0.6) is 0 Å². The lowest BCUT2D eigenvalue weighted by molar-refractivity contribution is 0.0902. The van der Waals surface area contributed by atoms with Crippen LogP contribution in [-0.4, -0.2) is 28.3 Å². The van der Waals surface area contributed by atoms with Crippen molar-refractivity contribution in [3.05, 3.63) is 18.0 Å². The normalized spacial score (nSPS) is 24.6. The predicted molar refractivity (Wildman–Crippen MR) is 65.5 cm³/mol. The maximum Gasteiger partial charge on any atom is 0.272 e. The van der Waals surface area contributed by atoms with E-state index in [1.54, 1.807) is 24.0 Å². The van der Waals surface area contributed by atoms with Crippen LogP contribution in [0.25, 0.3) is 0 Å². The van der Waals surface area contributed by atoms with Crippen molar-refractivity contribution in [1.82, 2.24) is 15.1 Å². The van der Waals surface area contributed by atoms with Gasteiger partial charge in [0.1, 0.15) is 5.69 Å². The lowest BCUT2D eigenvalue weighted by Gasteiger charge is -2.31. The minimum absolute atomic E-state index is 0.0871. The molecule has 2 unspecified atom stereocenters. The number of nitrogens with zero attached hydrogens (tertiary/aromatic N) is 2. The summed E-state index contributed by atoms with van der Waals surface area (Å²) in [6.07, 6.45) is 6.31. The number of aromatic nitrogens is 2. The van der Waals surface area contributed by atoms with Crippen LogP contribution < -0.4 is 11.1 Å². The monoisotopic (exact) mass is 236 g/mol. The van der Waals surface area contributed by atoms with Gasteiger partial charge >= 0.3 is 0 Å². The molecule has 1 fully saturated rings. The lowest BCUT2D eigenvalue weighted by atomic mass is 9.84. The molecule has 1 aliphatic carbocycles. The zero-order valence-corrected chi connectivity index (χ0v) is 10.2. The smallest absolute Gasteiger partial charge is 0.272 e. The van der Waals surface area contributed by atoms with Crippen LogP contribution in [0, 0.1) is 5.92 Å². The van der Waals surface area contributed by atoms with E-state index in [1.165, 1.54) is 12.8 Å². The van der Waals surface area contributed by atoms with Crippen LogP contribution in [0.1, 0.15) is 36.2 Å². The number of aryl methyl sites for hydroxylation is 1. The zero-order valence-electron chi connectivity index (χ0n) is 10.2. The van der Waals surface area contributed by atoms with E-state index in [0.717, 1.165) is 12.8 Å². The van der Waals surface area contributed by atoms with Crippen LogP contribution in [0.15, 0.2) is 12.3 Å². The molecule has 0 radical (unpaired) electrons. The minimum Gasteiger partial charge on any atom is -0.348 e. The van der Waals surface area contributed by atoms with Gasteiger partial charge in [0, 0.05) is 19.3 Å². The molecule has 1 saturated carbocycles. The van der Waals surface area contributed by atoms with E-state index >= 15 is 0 Å². The minimum atomic E-state index is -0.0871. The summed E-state index contributed by atoms with van der Waals surface area (Å²) in [5.41, 5.74) is 6.22. The van der Waals surface area contributed by atoms with E-state index in [4.69, 9.17) is 5.73 Å². The summed E-state index contributed by atoms with van der Waals surface area (Å²) in [5.74, 6) is 0.326. The molecule has 1 amide bonds. The van der Waals surface area contributed by atoms with Crippen LogP contribution in [0.3, 0.4) is 0 Å². The van der Waals surface area contributed by atoms with Gasteiger partial charge in [-0.3, -0.25) is 9.48 Å². The second-order valence-corrected chi connectivity index (χ2v) is 4.73. The molecule has 2 rings (SSSR count). The van der Waals surface area contributed by atoms with E-state index in [9.17, 15) is 4.79 Å². The standard InChI is InChI=1S/C12H20N4O/c1-16-7-6-11(15-16)12(17)14-10-5-3-2-4-9(10)8-13/h6-7,9-10H,2-5,8,13H2,1H3,(H,14,17). The zero-order chi connectivity index (χ0) is 12.3. The molecule has 0 saturated heterocycles. The first-order valence-electron chi connectivity index (χ1n) is 6.21. The number of nitrogens with two attached hydrogens (primary N) is 1. The van der Waals surface area contributed by atoms with Crippen LogP contribution >= 0.6 is 0 Å². The maximum atomic E-state index is 12.0. The molecule has 5 nitrogen and oxygen atoms in total. The molecule has 17 heavy (non-hydrogen) atoms. The highest BCUT2D eigenvalue weighted by molar-refractivity contribution is 5.92. The van der Waals surface area contributed by atoms with Gasteiger partial charge in [0.25, 0.3) is 5.91 Å². The third-order valence-corrected chi connectivity index (χ3v) is 3.47. The summed E-state index contributed by atoms with van der Waals surface area (Å²) in [6.45, 7) is 0.646. The van der Waals surface area contributed by atoms with Crippen molar-refractivity contribution in [2.45, 2.75) is 31.7 Å². The Kier molecular flexibility index (Phi) is 3.78. The largest absolute Gasteiger partial charge is 0.348 e. The first-order chi connectivity index (χ1) is 8.20. The maximum absolute atomic E-state index is 12.0. The Morgan fingerprint density at radius 1 is 1.59 bits per heavy atom. The van der Waals surface area contributed by atoms with Crippen molar-refractivity contribution < 1.29 is 4.79 Å². The fourth-order valence-corrected chi connectivity index (χ4v) is 2.46. The highest BCUT2D eigenvalue weighted by atomic mass is 16.2. The van der Waals surface area contributed by atoms with E-state index < -0.39 is 0 Å². The van der Waals surface area contributed by atoms with Gasteiger partial charge in [-0.1, -0.05) is 12.8 Å². The summed E-state index contributed by atoms with van der Waals surface area (Å²) in [4.78, 5) is 12.0. The number of carbonyl (C=O) groups is 1. The number of nitrogens with one attached hydrogen (secondary N) is 1.